The fraction of sp³-hybridized carbons (Fsp3) is 0.455. The van der Waals surface area contributed by atoms with E-state index in [2.05, 4.69) is 11.6 Å². The zero-order valence-electron chi connectivity index (χ0n) is 9.25. The lowest BCUT2D eigenvalue weighted by molar-refractivity contribution is 0.153. The number of nitrogen functional groups attached to an aromatic ring is 1. The van der Waals surface area contributed by atoms with Crippen molar-refractivity contribution in [3.63, 3.8) is 0 Å². The third-order valence-corrected chi connectivity index (χ3v) is 2.96. The number of aryl methyl sites for hydroxylation is 1. The van der Waals surface area contributed by atoms with Crippen LogP contribution in [0.4, 0.5) is 5.69 Å². The summed E-state index contributed by atoms with van der Waals surface area (Å²) in [5, 5.41) is 0. The average molecular weight is 226 g/mol. The van der Waals surface area contributed by atoms with E-state index in [4.69, 9.17) is 10.5 Å². The second-order valence-electron chi connectivity index (χ2n) is 3.22. The van der Waals surface area contributed by atoms with Gasteiger partial charge in [-0.25, -0.2) is 0 Å². The first-order valence-electron chi connectivity index (χ1n) is 5.07. The third-order valence-electron chi connectivity index (χ3n) is 1.95. The van der Waals surface area contributed by atoms with Crippen LogP contribution < -0.4 is 10.5 Å². The molecule has 3 N–H and O–H groups in total. The van der Waals surface area contributed by atoms with Gasteiger partial charge in [0, 0.05) is 23.7 Å². The average Bonchev–Trinajstić information content (AvgIpc) is 2.23. The summed E-state index contributed by atoms with van der Waals surface area (Å²) in [7, 11) is 0. The molecule has 0 amide bonds. The van der Waals surface area contributed by atoms with Gasteiger partial charge in [-0.15, -0.1) is 0 Å². The molecule has 0 heterocycles. The summed E-state index contributed by atoms with van der Waals surface area (Å²) in [6, 6.07) is 5.93. The maximum atomic E-state index is 5.71. The quantitative estimate of drug-likeness (QED) is 0.443. The number of benzene rings is 1. The molecule has 1 rings (SSSR count). The van der Waals surface area contributed by atoms with Crippen LogP contribution in [-0.2, 0) is 4.74 Å². The minimum Gasteiger partial charge on any atom is -0.399 e. The predicted molar refractivity (Wildman–Crippen MR) is 65.9 cm³/mol. The number of anilines is 1. The summed E-state index contributed by atoms with van der Waals surface area (Å²) in [5.41, 5.74) is 7.75. The highest BCUT2D eigenvalue weighted by Gasteiger charge is 1.99. The van der Waals surface area contributed by atoms with Gasteiger partial charge < -0.3 is 10.5 Å². The molecule has 0 aliphatic carbocycles. The predicted octanol–water partition coefficient (Wildman–Crippen LogP) is 2.21. The van der Waals surface area contributed by atoms with Gasteiger partial charge in [0.15, 0.2) is 0 Å². The van der Waals surface area contributed by atoms with Gasteiger partial charge in [-0.3, -0.25) is 4.72 Å². The van der Waals surface area contributed by atoms with E-state index in [1.807, 2.05) is 25.1 Å². The Morgan fingerprint density at radius 1 is 1.47 bits per heavy atom. The number of hydrogen-bond donors (Lipinski definition) is 2. The van der Waals surface area contributed by atoms with Gasteiger partial charge in [-0.05, 0) is 43.5 Å². The van der Waals surface area contributed by atoms with Gasteiger partial charge in [-0.2, -0.15) is 0 Å². The first-order valence-corrected chi connectivity index (χ1v) is 5.89. The smallest absolute Gasteiger partial charge is 0.0600 e. The molecule has 0 aliphatic rings. The van der Waals surface area contributed by atoms with Crippen molar-refractivity contribution in [3.8, 4) is 0 Å². The van der Waals surface area contributed by atoms with Gasteiger partial charge in [0.1, 0.15) is 0 Å². The van der Waals surface area contributed by atoms with E-state index >= 15 is 0 Å². The Bertz CT molecular complexity index is 305. The van der Waals surface area contributed by atoms with Crippen LogP contribution >= 0.6 is 11.9 Å². The van der Waals surface area contributed by atoms with Gasteiger partial charge in [0.2, 0.25) is 0 Å². The monoisotopic (exact) mass is 226 g/mol. The number of hydrogen-bond acceptors (Lipinski definition) is 4. The van der Waals surface area contributed by atoms with Crippen LogP contribution in [0.2, 0.25) is 0 Å². The lowest BCUT2D eigenvalue weighted by atomic mass is 10.2. The molecule has 0 aromatic heterocycles. The van der Waals surface area contributed by atoms with Crippen LogP contribution in [0, 0.1) is 6.92 Å². The Kier molecular flexibility index (Phi) is 5.53. The fourth-order valence-electron chi connectivity index (χ4n) is 1.11. The van der Waals surface area contributed by atoms with Crippen LogP contribution in [0.25, 0.3) is 0 Å². The molecule has 84 valence electrons. The molecule has 1 aromatic rings. The second-order valence-corrected chi connectivity index (χ2v) is 4.15. The molecule has 3 nitrogen and oxygen atoms in total. The van der Waals surface area contributed by atoms with Crippen molar-refractivity contribution in [2.75, 3.05) is 25.5 Å². The highest BCUT2D eigenvalue weighted by Crippen LogP contribution is 2.21. The highest BCUT2D eigenvalue weighted by atomic mass is 32.2. The van der Waals surface area contributed by atoms with Crippen molar-refractivity contribution in [3.05, 3.63) is 23.8 Å². The number of nitrogens with two attached hydrogens (primary N) is 1. The van der Waals surface area contributed by atoms with Gasteiger partial charge in [0.05, 0.1) is 6.61 Å². The molecule has 0 fully saturated rings. The van der Waals surface area contributed by atoms with Crippen LogP contribution in [-0.4, -0.2) is 19.8 Å². The minimum atomic E-state index is 0.741. The molecule has 0 aliphatic heterocycles. The Hall–Kier alpha value is -0.710. The van der Waals surface area contributed by atoms with E-state index in [0.717, 1.165) is 25.4 Å². The van der Waals surface area contributed by atoms with Crippen molar-refractivity contribution >= 4 is 17.6 Å². The van der Waals surface area contributed by atoms with Crippen molar-refractivity contribution in [2.24, 2.45) is 0 Å². The lowest BCUT2D eigenvalue weighted by Gasteiger charge is -2.07. The second kappa shape index (κ2) is 6.71. The molecule has 0 spiro atoms. The summed E-state index contributed by atoms with van der Waals surface area (Å²) in [6.45, 7) is 6.42. The first kappa shape index (κ1) is 12.4. The minimum absolute atomic E-state index is 0.741. The molecule has 4 heteroatoms. The summed E-state index contributed by atoms with van der Waals surface area (Å²) < 4.78 is 8.47. The molecule has 15 heavy (non-hydrogen) atoms. The zero-order chi connectivity index (χ0) is 11.1. The molecular formula is C11H18N2OS. The highest BCUT2D eigenvalue weighted by molar-refractivity contribution is 7.97. The van der Waals surface area contributed by atoms with E-state index in [1.54, 1.807) is 11.9 Å². The van der Waals surface area contributed by atoms with Gasteiger partial charge in [0.25, 0.3) is 0 Å². The topological polar surface area (TPSA) is 47.3 Å². The summed E-state index contributed by atoms with van der Waals surface area (Å²) in [4.78, 5) is 1.17. The standard InChI is InChI=1S/C11H18N2OS/c1-3-14-7-6-13-15-11-8-10(12)5-4-9(11)2/h4-5,8,13H,3,6-7,12H2,1-2H3. The van der Waals surface area contributed by atoms with Crippen molar-refractivity contribution in [2.45, 2.75) is 18.7 Å². The molecule has 0 unspecified atom stereocenters. The lowest BCUT2D eigenvalue weighted by Crippen LogP contribution is -2.12. The number of ether oxygens (including phenoxy) is 1. The van der Waals surface area contributed by atoms with Crippen LogP contribution in [0.15, 0.2) is 23.1 Å². The number of rotatable bonds is 6. The van der Waals surface area contributed by atoms with Gasteiger partial charge in [-0.1, -0.05) is 6.07 Å². The molecule has 0 saturated carbocycles. The molecule has 0 atom stereocenters. The van der Waals surface area contributed by atoms with Gasteiger partial charge >= 0.3 is 0 Å². The SMILES string of the molecule is CCOCCNSc1cc(N)ccc1C. The Balaban J connectivity index is 2.33. The van der Waals surface area contributed by atoms with E-state index < -0.39 is 0 Å². The van der Waals surface area contributed by atoms with E-state index in [1.165, 1.54) is 10.5 Å². The molecular weight excluding hydrogens is 208 g/mol. The summed E-state index contributed by atoms with van der Waals surface area (Å²) in [5.74, 6) is 0. The van der Waals surface area contributed by atoms with Crippen molar-refractivity contribution < 1.29 is 4.74 Å². The Labute approximate surface area is 95.5 Å². The van der Waals surface area contributed by atoms with Crippen LogP contribution in [0.1, 0.15) is 12.5 Å². The molecule has 0 radical (unpaired) electrons. The molecule has 0 bridgehead atoms. The Morgan fingerprint density at radius 3 is 3.00 bits per heavy atom. The number of nitrogens with one attached hydrogen (secondary N) is 1. The van der Waals surface area contributed by atoms with Crippen LogP contribution in [0.5, 0.6) is 0 Å². The van der Waals surface area contributed by atoms with Crippen molar-refractivity contribution in [1.82, 2.24) is 4.72 Å². The molecule has 0 saturated heterocycles. The normalized spacial score (nSPS) is 10.5. The first-order chi connectivity index (χ1) is 7.24. The Morgan fingerprint density at radius 2 is 2.27 bits per heavy atom. The maximum Gasteiger partial charge on any atom is 0.0600 e. The summed E-state index contributed by atoms with van der Waals surface area (Å²) >= 11 is 1.60. The van der Waals surface area contributed by atoms with Crippen molar-refractivity contribution in [1.29, 1.82) is 0 Å². The third kappa shape index (κ3) is 4.55. The largest absolute Gasteiger partial charge is 0.399 e. The van der Waals surface area contributed by atoms with Crippen LogP contribution in [0.3, 0.4) is 0 Å². The molecule has 1 aromatic carbocycles. The zero-order valence-corrected chi connectivity index (χ0v) is 10.1. The van der Waals surface area contributed by atoms with E-state index in [9.17, 15) is 0 Å². The maximum absolute atomic E-state index is 5.71. The van der Waals surface area contributed by atoms with E-state index in [-0.39, 0.29) is 0 Å². The fourth-order valence-corrected chi connectivity index (χ4v) is 1.88. The summed E-state index contributed by atoms with van der Waals surface area (Å²) in [6.07, 6.45) is 0. The van der Waals surface area contributed by atoms with E-state index in [0.29, 0.717) is 0 Å².